The molecule has 0 spiro atoms. The number of nitro benzene ring substituents is 2. The van der Waals surface area contributed by atoms with E-state index in [0.29, 0.717) is 11.8 Å². The minimum Gasteiger partial charge on any atom is -0.387 e. The van der Waals surface area contributed by atoms with Crippen LogP contribution in [0.4, 0.5) is 17.1 Å². The highest BCUT2D eigenvalue weighted by Crippen LogP contribution is 2.39. The Morgan fingerprint density at radius 3 is 2.38 bits per heavy atom. The molecule has 2 N–H and O–H groups in total. The smallest absolute Gasteiger partial charge is 0.313 e. The van der Waals surface area contributed by atoms with Gasteiger partial charge in [-0.3, -0.25) is 20.2 Å². The van der Waals surface area contributed by atoms with Gasteiger partial charge in [0.15, 0.2) is 5.69 Å². The molecule has 0 bridgehead atoms. The van der Waals surface area contributed by atoms with E-state index in [1.165, 1.54) is 0 Å². The van der Waals surface area contributed by atoms with Crippen molar-refractivity contribution < 1.29 is 9.85 Å². The minimum atomic E-state index is -0.845. The Hall–Kier alpha value is -2.34. The molecule has 82 valence electrons. The first-order valence-corrected chi connectivity index (χ1v) is 4.58. The summed E-state index contributed by atoms with van der Waals surface area (Å²) < 4.78 is 0. The number of thiocyanates is 1. The Bertz CT molecular complexity index is 510. The van der Waals surface area contributed by atoms with E-state index in [1.54, 1.807) is 5.40 Å². The number of nitrogens with two attached hydrogens (primary N) is 1. The average Bonchev–Trinajstić information content (AvgIpc) is 2.17. The second kappa shape index (κ2) is 4.45. The van der Waals surface area contributed by atoms with Gasteiger partial charge >= 0.3 is 5.69 Å². The average molecular weight is 240 g/mol. The molecule has 0 heterocycles. The van der Waals surface area contributed by atoms with Crippen molar-refractivity contribution in [3.8, 4) is 5.40 Å². The number of nitro groups is 2. The van der Waals surface area contributed by atoms with Crippen LogP contribution < -0.4 is 5.73 Å². The van der Waals surface area contributed by atoms with Crippen LogP contribution in [0.2, 0.25) is 0 Å². The zero-order valence-electron chi connectivity index (χ0n) is 7.61. The molecule has 0 aliphatic carbocycles. The number of rotatable bonds is 3. The third-order valence-corrected chi connectivity index (χ3v) is 2.33. The van der Waals surface area contributed by atoms with Crippen LogP contribution in [-0.4, -0.2) is 9.85 Å². The van der Waals surface area contributed by atoms with Crippen molar-refractivity contribution in [3.05, 3.63) is 32.4 Å². The summed E-state index contributed by atoms with van der Waals surface area (Å²) in [7, 11) is 0. The van der Waals surface area contributed by atoms with E-state index in [-0.39, 0.29) is 4.90 Å². The Morgan fingerprint density at radius 1 is 1.31 bits per heavy atom. The van der Waals surface area contributed by atoms with E-state index < -0.39 is 26.9 Å². The maximum absolute atomic E-state index is 10.7. The van der Waals surface area contributed by atoms with E-state index in [2.05, 4.69) is 0 Å². The molecule has 0 aliphatic rings. The summed E-state index contributed by atoms with van der Waals surface area (Å²) in [6.45, 7) is 0. The molecule has 0 aromatic heterocycles. The van der Waals surface area contributed by atoms with Crippen molar-refractivity contribution in [2.24, 2.45) is 0 Å². The van der Waals surface area contributed by atoms with Crippen LogP contribution in [0.1, 0.15) is 0 Å². The summed E-state index contributed by atoms with van der Waals surface area (Å²) in [6.07, 6.45) is 0. The highest BCUT2D eigenvalue weighted by molar-refractivity contribution is 8.03. The van der Waals surface area contributed by atoms with Crippen molar-refractivity contribution >= 4 is 28.8 Å². The lowest BCUT2D eigenvalue weighted by Gasteiger charge is -2.01. The van der Waals surface area contributed by atoms with Crippen LogP contribution >= 0.6 is 11.8 Å². The van der Waals surface area contributed by atoms with Crippen molar-refractivity contribution in [1.29, 1.82) is 5.26 Å². The van der Waals surface area contributed by atoms with Crippen molar-refractivity contribution in [2.75, 3.05) is 5.73 Å². The summed E-state index contributed by atoms with van der Waals surface area (Å²) in [4.78, 5) is 19.5. The first kappa shape index (κ1) is 11.7. The molecule has 1 aromatic carbocycles. The Labute approximate surface area is 93.0 Å². The van der Waals surface area contributed by atoms with E-state index in [4.69, 9.17) is 11.0 Å². The van der Waals surface area contributed by atoms with Gasteiger partial charge in [0.1, 0.15) is 10.3 Å². The first-order chi connectivity index (χ1) is 7.49. The lowest BCUT2D eigenvalue weighted by Crippen LogP contribution is -2.01. The Morgan fingerprint density at radius 2 is 1.94 bits per heavy atom. The molecule has 1 rings (SSSR count). The molecule has 0 radical (unpaired) electrons. The van der Waals surface area contributed by atoms with Crippen LogP contribution in [0.25, 0.3) is 0 Å². The summed E-state index contributed by atoms with van der Waals surface area (Å²) in [5, 5.41) is 31.2. The van der Waals surface area contributed by atoms with Gasteiger partial charge in [0.25, 0.3) is 5.69 Å². The fourth-order valence-electron chi connectivity index (χ4n) is 1.06. The molecule has 0 unspecified atom stereocenters. The largest absolute Gasteiger partial charge is 0.387 e. The SMILES string of the molecule is N#CSc1ccc([N+](=O)[O-])c(N)c1[N+](=O)[O-]. The van der Waals surface area contributed by atoms with Crippen LogP contribution in [-0.2, 0) is 0 Å². The second-order valence-electron chi connectivity index (χ2n) is 2.55. The maximum Gasteiger partial charge on any atom is 0.313 e. The first-order valence-electron chi connectivity index (χ1n) is 3.76. The van der Waals surface area contributed by atoms with Gasteiger partial charge in [0.2, 0.25) is 0 Å². The van der Waals surface area contributed by atoms with Crippen molar-refractivity contribution in [2.45, 2.75) is 4.90 Å². The number of nitrogens with zero attached hydrogens (tertiary/aromatic N) is 3. The molecule has 9 heteroatoms. The highest BCUT2D eigenvalue weighted by Gasteiger charge is 2.26. The molecule has 0 aliphatic heterocycles. The Kier molecular flexibility index (Phi) is 3.27. The van der Waals surface area contributed by atoms with Gasteiger partial charge in [-0.15, -0.1) is 0 Å². The highest BCUT2D eigenvalue weighted by atomic mass is 32.2. The molecule has 16 heavy (non-hydrogen) atoms. The normalized spacial score (nSPS) is 9.44. The van der Waals surface area contributed by atoms with Crippen LogP contribution in [0.15, 0.2) is 17.0 Å². The van der Waals surface area contributed by atoms with Gasteiger partial charge in [-0.25, -0.2) is 0 Å². The summed E-state index contributed by atoms with van der Waals surface area (Å²) in [5.74, 6) is 0. The van der Waals surface area contributed by atoms with Crippen molar-refractivity contribution in [3.63, 3.8) is 0 Å². The number of thioether (sulfide) groups is 1. The number of nitrogen functional groups attached to an aromatic ring is 1. The second-order valence-corrected chi connectivity index (χ2v) is 3.38. The van der Waals surface area contributed by atoms with Crippen LogP contribution in [0, 0.1) is 30.9 Å². The fourth-order valence-corrected chi connectivity index (χ4v) is 1.57. The van der Waals surface area contributed by atoms with E-state index >= 15 is 0 Å². The number of nitriles is 1. The van der Waals surface area contributed by atoms with Crippen LogP contribution in [0.3, 0.4) is 0 Å². The van der Waals surface area contributed by atoms with Gasteiger partial charge in [0, 0.05) is 6.07 Å². The summed E-state index contributed by atoms with van der Waals surface area (Å²) in [5.41, 5.74) is 3.61. The van der Waals surface area contributed by atoms with Gasteiger partial charge in [-0.2, -0.15) is 5.26 Å². The Balaban J connectivity index is 3.49. The zero-order chi connectivity index (χ0) is 12.3. The van der Waals surface area contributed by atoms with Gasteiger partial charge in [0.05, 0.1) is 9.85 Å². The third kappa shape index (κ3) is 2.01. The molecule has 0 fully saturated rings. The molecule has 0 saturated heterocycles. The van der Waals surface area contributed by atoms with E-state index in [1.807, 2.05) is 0 Å². The molecule has 1 aromatic rings. The monoisotopic (exact) mass is 240 g/mol. The maximum atomic E-state index is 10.7. The number of anilines is 1. The standard InChI is InChI=1S/C7H4N4O4S/c8-3-16-5-2-1-4(10(12)13)6(9)7(5)11(14)15/h1-2H,9H2. The molecule has 0 atom stereocenters. The molecule has 8 nitrogen and oxygen atoms in total. The lowest BCUT2D eigenvalue weighted by molar-refractivity contribution is -0.394. The minimum absolute atomic E-state index is 0.0180. The van der Waals surface area contributed by atoms with E-state index in [0.717, 1.165) is 12.1 Å². The fraction of sp³-hybridized carbons (Fsp3) is 0. The van der Waals surface area contributed by atoms with Gasteiger partial charge in [-0.05, 0) is 17.8 Å². The van der Waals surface area contributed by atoms with E-state index in [9.17, 15) is 20.2 Å². The lowest BCUT2D eigenvalue weighted by atomic mass is 10.2. The summed E-state index contributed by atoms with van der Waals surface area (Å²) in [6, 6.07) is 2.16. The zero-order valence-corrected chi connectivity index (χ0v) is 8.43. The van der Waals surface area contributed by atoms with Gasteiger partial charge < -0.3 is 5.73 Å². The number of hydrogen-bond acceptors (Lipinski definition) is 7. The molecule has 0 amide bonds. The quantitative estimate of drug-likeness (QED) is 0.279. The van der Waals surface area contributed by atoms with Crippen LogP contribution in [0.5, 0.6) is 0 Å². The molecular formula is C7H4N4O4S. The number of hydrogen-bond donors (Lipinski definition) is 1. The van der Waals surface area contributed by atoms with Gasteiger partial charge in [-0.1, -0.05) is 0 Å². The van der Waals surface area contributed by atoms with Crippen molar-refractivity contribution in [1.82, 2.24) is 0 Å². The topological polar surface area (TPSA) is 136 Å². The molecular weight excluding hydrogens is 236 g/mol. The summed E-state index contributed by atoms with van der Waals surface area (Å²) >= 11 is 0.526. The third-order valence-electron chi connectivity index (χ3n) is 1.69. The molecule has 0 saturated carbocycles. The number of benzene rings is 1. The predicted octanol–water partition coefficient (Wildman–Crippen LogP) is 1.66. The predicted molar refractivity (Wildman–Crippen MR) is 55.6 cm³/mol.